The fraction of sp³-hybridized carbons (Fsp3) is 0.444. The zero-order valence-corrected chi connectivity index (χ0v) is 14.5. The molecule has 2 fully saturated rings. The molecular weight excluding hydrogens is 334 g/mol. The van der Waals surface area contributed by atoms with Crippen molar-refractivity contribution in [1.29, 1.82) is 0 Å². The number of hydrogen-bond acceptors (Lipinski definition) is 7. The number of anilines is 1. The molecule has 8 heteroatoms. The highest BCUT2D eigenvalue weighted by atomic mass is 16.5. The molecule has 2 aliphatic rings. The number of morpholine rings is 1. The van der Waals surface area contributed by atoms with E-state index in [0.717, 1.165) is 25.3 Å². The Bertz CT molecular complexity index is 752. The zero-order chi connectivity index (χ0) is 17.8. The average Bonchev–Trinajstić information content (AvgIpc) is 3.17. The van der Waals surface area contributed by atoms with Crippen LogP contribution < -0.4 is 9.64 Å². The molecule has 136 valence electrons. The molecule has 0 radical (unpaired) electrons. The molecule has 4 heterocycles. The lowest BCUT2D eigenvalue weighted by Gasteiger charge is -2.27. The van der Waals surface area contributed by atoms with Crippen LogP contribution in [0, 0.1) is 0 Å². The standard InChI is InChI=1S/C18H21N5O3/c24-18(14-2-1-4-19-11-14)23-5-3-15(12-23)26-17-10-16(20-13-21-17)22-6-8-25-9-7-22/h1-2,4,10-11,13,15H,3,5-9,12H2/t15-/m0/s1. The minimum atomic E-state index is -0.0666. The summed E-state index contributed by atoms with van der Waals surface area (Å²) in [5, 5.41) is 0. The predicted octanol–water partition coefficient (Wildman–Crippen LogP) is 1.00. The van der Waals surface area contributed by atoms with Gasteiger partial charge in [-0.2, -0.15) is 0 Å². The van der Waals surface area contributed by atoms with Crippen molar-refractivity contribution in [2.45, 2.75) is 12.5 Å². The number of aromatic nitrogens is 3. The van der Waals surface area contributed by atoms with E-state index < -0.39 is 0 Å². The molecule has 26 heavy (non-hydrogen) atoms. The Balaban J connectivity index is 1.37. The quantitative estimate of drug-likeness (QED) is 0.809. The van der Waals surface area contributed by atoms with Crippen molar-refractivity contribution in [2.75, 3.05) is 44.3 Å². The Kier molecular flexibility index (Phi) is 4.92. The van der Waals surface area contributed by atoms with E-state index in [1.807, 2.05) is 6.07 Å². The maximum absolute atomic E-state index is 12.5. The van der Waals surface area contributed by atoms with Gasteiger partial charge in [-0.25, -0.2) is 9.97 Å². The van der Waals surface area contributed by atoms with E-state index >= 15 is 0 Å². The van der Waals surface area contributed by atoms with Gasteiger partial charge in [0.15, 0.2) is 0 Å². The highest BCUT2D eigenvalue weighted by Gasteiger charge is 2.28. The second-order valence-electron chi connectivity index (χ2n) is 6.34. The van der Waals surface area contributed by atoms with E-state index in [1.54, 1.807) is 29.4 Å². The lowest BCUT2D eigenvalue weighted by atomic mass is 10.2. The summed E-state index contributed by atoms with van der Waals surface area (Å²) in [6.45, 7) is 4.24. The Morgan fingerprint density at radius 2 is 2.12 bits per heavy atom. The SMILES string of the molecule is O=C(c1cccnc1)N1CC[C@H](Oc2cc(N3CCOCC3)ncn2)C1. The van der Waals surface area contributed by atoms with Gasteiger partial charge in [-0.1, -0.05) is 0 Å². The van der Waals surface area contributed by atoms with Crippen molar-refractivity contribution in [1.82, 2.24) is 19.9 Å². The number of carbonyl (C=O) groups excluding carboxylic acids is 1. The summed E-state index contributed by atoms with van der Waals surface area (Å²) >= 11 is 0. The van der Waals surface area contributed by atoms with E-state index in [0.29, 0.717) is 37.7 Å². The van der Waals surface area contributed by atoms with Crippen molar-refractivity contribution in [3.8, 4) is 5.88 Å². The van der Waals surface area contributed by atoms with Crippen LogP contribution in [-0.4, -0.2) is 71.3 Å². The monoisotopic (exact) mass is 355 g/mol. The largest absolute Gasteiger partial charge is 0.472 e. The molecule has 2 aromatic heterocycles. The van der Waals surface area contributed by atoms with Crippen LogP contribution in [0.2, 0.25) is 0 Å². The fourth-order valence-corrected chi connectivity index (χ4v) is 3.21. The Morgan fingerprint density at radius 1 is 1.23 bits per heavy atom. The number of nitrogens with zero attached hydrogens (tertiary/aromatic N) is 5. The molecule has 0 aliphatic carbocycles. The average molecular weight is 355 g/mol. The highest BCUT2D eigenvalue weighted by Crippen LogP contribution is 2.21. The molecular formula is C18H21N5O3. The lowest BCUT2D eigenvalue weighted by Crippen LogP contribution is -2.36. The summed E-state index contributed by atoms with van der Waals surface area (Å²) in [6.07, 6.45) is 5.49. The molecule has 2 aliphatic heterocycles. The number of likely N-dealkylation sites (tertiary alicyclic amines) is 1. The first kappa shape index (κ1) is 16.7. The molecule has 0 spiro atoms. The smallest absolute Gasteiger partial charge is 0.255 e. The third kappa shape index (κ3) is 3.75. The van der Waals surface area contributed by atoms with E-state index in [1.165, 1.54) is 6.33 Å². The zero-order valence-electron chi connectivity index (χ0n) is 14.5. The Morgan fingerprint density at radius 3 is 2.92 bits per heavy atom. The molecule has 0 saturated carbocycles. The van der Waals surface area contributed by atoms with Crippen LogP contribution in [0.5, 0.6) is 5.88 Å². The van der Waals surface area contributed by atoms with E-state index in [9.17, 15) is 4.79 Å². The van der Waals surface area contributed by atoms with Crippen molar-refractivity contribution in [3.63, 3.8) is 0 Å². The topological polar surface area (TPSA) is 80.7 Å². The van der Waals surface area contributed by atoms with Gasteiger partial charge in [0.25, 0.3) is 5.91 Å². The summed E-state index contributed by atoms with van der Waals surface area (Å²) in [4.78, 5) is 29.0. The van der Waals surface area contributed by atoms with Gasteiger partial charge in [0.05, 0.1) is 25.3 Å². The van der Waals surface area contributed by atoms with Gasteiger partial charge >= 0.3 is 0 Å². The number of rotatable bonds is 4. The van der Waals surface area contributed by atoms with E-state index in [4.69, 9.17) is 9.47 Å². The summed E-state index contributed by atoms with van der Waals surface area (Å²) < 4.78 is 11.4. The highest BCUT2D eigenvalue weighted by molar-refractivity contribution is 5.94. The fourth-order valence-electron chi connectivity index (χ4n) is 3.21. The van der Waals surface area contributed by atoms with Crippen LogP contribution in [0.3, 0.4) is 0 Å². The normalized spacial score (nSPS) is 20.2. The number of amides is 1. The molecule has 2 aromatic rings. The first-order valence-corrected chi connectivity index (χ1v) is 8.80. The van der Waals surface area contributed by atoms with Crippen LogP contribution in [-0.2, 0) is 4.74 Å². The molecule has 1 atom stereocenters. The van der Waals surface area contributed by atoms with Crippen molar-refractivity contribution >= 4 is 11.7 Å². The molecule has 2 saturated heterocycles. The summed E-state index contributed by atoms with van der Waals surface area (Å²) in [7, 11) is 0. The van der Waals surface area contributed by atoms with Gasteiger partial charge in [0.2, 0.25) is 5.88 Å². The van der Waals surface area contributed by atoms with Gasteiger partial charge < -0.3 is 19.3 Å². The second-order valence-corrected chi connectivity index (χ2v) is 6.34. The van der Waals surface area contributed by atoms with E-state index in [2.05, 4.69) is 19.9 Å². The second kappa shape index (κ2) is 7.65. The van der Waals surface area contributed by atoms with Gasteiger partial charge in [-0.05, 0) is 12.1 Å². The minimum Gasteiger partial charge on any atom is -0.472 e. The lowest BCUT2D eigenvalue weighted by molar-refractivity contribution is 0.0770. The number of ether oxygens (including phenoxy) is 2. The number of carbonyl (C=O) groups is 1. The molecule has 0 unspecified atom stereocenters. The Hall–Kier alpha value is -2.74. The molecule has 0 N–H and O–H groups in total. The summed E-state index contributed by atoms with van der Waals surface area (Å²) in [5.74, 6) is 1.38. The van der Waals surface area contributed by atoms with Gasteiger partial charge in [-0.15, -0.1) is 0 Å². The number of pyridine rings is 1. The third-order valence-electron chi connectivity index (χ3n) is 4.59. The maximum atomic E-state index is 12.5. The Labute approximate surface area is 151 Å². The van der Waals surface area contributed by atoms with Crippen LogP contribution in [0.4, 0.5) is 5.82 Å². The van der Waals surface area contributed by atoms with Crippen LogP contribution in [0.25, 0.3) is 0 Å². The van der Waals surface area contributed by atoms with Crippen molar-refractivity contribution in [2.24, 2.45) is 0 Å². The van der Waals surface area contributed by atoms with Gasteiger partial charge in [0.1, 0.15) is 18.2 Å². The molecule has 0 bridgehead atoms. The molecule has 8 nitrogen and oxygen atoms in total. The minimum absolute atomic E-state index is 0.0131. The predicted molar refractivity (Wildman–Crippen MR) is 94.2 cm³/mol. The van der Waals surface area contributed by atoms with Crippen molar-refractivity contribution in [3.05, 3.63) is 42.5 Å². The molecule has 1 amide bonds. The molecule has 0 aromatic carbocycles. The summed E-state index contributed by atoms with van der Waals surface area (Å²) in [6, 6.07) is 5.41. The molecule has 4 rings (SSSR count). The first-order valence-electron chi connectivity index (χ1n) is 8.80. The van der Waals surface area contributed by atoms with Crippen LogP contribution in [0.15, 0.2) is 36.9 Å². The van der Waals surface area contributed by atoms with Gasteiger partial charge in [-0.3, -0.25) is 9.78 Å². The van der Waals surface area contributed by atoms with Crippen LogP contribution >= 0.6 is 0 Å². The maximum Gasteiger partial charge on any atom is 0.255 e. The van der Waals surface area contributed by atoms with Crippen LogP contribution in [0.1, 0.15) is 16.8 Å². The number of hydrogen-bond donors (Lipinski definition) is 0. The van der Waals surface area contributed by atoms with E-state index in [-0.39, 0.29) is 12.0 Å². The van der Waals surface area contributed by atoms with Crippen molar-refractivity contribution < 1.29 is 14.3 Å². The third-order valence-corrected chi connectivity index (χ3v) is 4.59. The van der Waals surface area contributed by atoms with Gasteiger partial charge in [0, 0.05) is 44.5 Å². The summed E-state index contributed by atoms with van der Waals surface area (Å²) in [5.41, 5.74) is 0.602. The first-order chi connectivity index (χ1) is 12.8.